The highest BCUT2D eigenvalue weighted by molar-refractivity contribution is 5.46. The zero-order valence-electron chi connectivity index (χ0n) is 15.6. The van der Waals surface area contributed by atoms with Gasteiger partial charge >= 0.3 is 0 Å². The smallest absolute Gasteiger partial charge is 0.162 e. The van der Waals surface area contributed by atoms with Crippen molar-refractivity contribution in [3.05, 3.63) is 65.7 Å². The van der Waals surface area contributed by atoms with Crippen LogP contribution in [0, 0.1) is 11.3 Å². The number of rotatable bonds is 9. The van der Waals surface area contributed by atoms with Crippen molar-refractivity contribution in [2.45, 2.75) is 19.0 Å². The van der Waals surface area contributed by atoms with E-state index >= 15 is 0 Å². The molecule has 25 heavy (non-hydrogen) atoms. The molecular formula is C21H30N4+2. The maximum absolute atomic E-state index is 8.69. The zero-order chi connectivity index (χ0) is 18.1. The third-order valence-electron chi connectivity index (χ3n) is 4.62. The summed E-state index contributed by atoms with van der Waals surface area (Å²) in [7, 11) is 6.47. The fourth-order valence-electron chi connectivity index (χ4n) is 3.04. The van der Waals surface area contributed by atoms with Gasteiger partial charge in [0.1, 0.15) is 13.1 Å². The summed E-state index contributed by atoms with van der Waals surface area (Å²) in [6, 6.07) is 22.1. The molecule has 0 aliphatic rings. The number of nitrogens with one attached hydrogen (secondary N) is 1. The number of benzene rings is 2. The number of anilines is 1. The lowest BCUT2D eigenvalue weighted by atomic mass is 10.1. The Morgan fingerprint density at radius 1 is 1.08 bits per heavy atom. The Hall–Kier alpha value is -2.35. The number of quaternary nitrogens is 2. The first-order valence-corrected chi connectivity index (χ1v) is 8.95. The maximum Gasteiger partial charge on any atom is 0.162 e. The molecule has 1 atom stereocenters. The molecule has 0 saturated carbocycles. The largest absolute Gasteiger partial charge is 0.374 e. The summed E-state index contributed by atoms with van der Waals surface area (Å²) in [6.07, 6.45) is 0.555. The highest BCUT2D eigenvalue weighted by Crippen LogP contribution is 2.13. The number of hydrogen-bond acceptors (Lipinski definition) is 2. The van der Waals surface area contributed by atoms with Gasteiger partial charge in [0.05, 0.1) is 26.6 Å². The molecule has 0 spiro atoms. The van der Waals surface area contributed by atoms with Crippen LogP contribution in [-0.4, -0.2) is 34.2 Å². The fourth-order valence-corrected chi connectivity index (χ4v) is 3.04. The Labute approximate surface area is 151 Å². The standard InChI is InChI=1S/C21H28N4/c1-24(2)21(19-8-5-4-6-9-19)17-23-16-18-10-12-20(13-11-18)25(3)15-7-14-22/h4-6,8-13,21,23H,7,15-17H2,1-3H3/p+2/t21-/m1/s1. The van der Waals surface area contributed by atoms with E-state index < -0.39 is 0 Å². The first-order valence-electron chi connectivity index (χ1n) is 8.95. The van der Waals surface area contributed by atoms with Crippen molar-refractivity contribution in [3.8, 4) is 6.07 Å². The van der Waals surface area contributed by atoms with Crippen LogP contribution in [0.2, 0.25) is 0 Å². The third-order valence-corrected chi connectivity index (χ3v) is 4.62. The SMILES string of the molecule is CN(CCC#N)c1ccc(C[NH2+]C[C@H](c2ccccc2)[NH+](C)C)cc1. The molecular weight excluding hydrogens is 308 g/mol. The Bertz CT molecular complexity index is 659. The third kappa shape index (κ3) is 5.90. The Balaban J connectivity index is 1.87. The number of nitrogens with two attached hydrogens (primary N) is 1. The minimum Gasteiger partial charge on any atom is -0.374 e. The second kappa shape index (κ2) is 9.83. The van der Waals surface area contributed by atoms with Crippen LogP contribution in [0.4, 0.5) is 5.69 Å². The molecule has 2 rings (SSSR count). The summed E-state index contributed by atoms with van der Waals surface area (Å²) < 4.78 is 0. The van der Waals surface area contributed by atoms with Gasteiger partial charge in [0.15, 0.2) is 6.04 Å². The van der Waals surface area contributed by atoms with E-state index in [0.29, 0.717) is 12.5 Å². The minimum absolute atomic E-state index is 0.498. The van der Waals surface area contributed by atoms with Gasteiger partial charge < -0.3 is 15.1 Å². The number of hydrogen-bond donors (Lipinski definition) is 2. The predicted molar refractivity (Wildman–Crippen MR) is 102 cm³/mol. The summed E-state index contributed by atoms with van der Waals surface area (Å²) >= 11 is 0. The van der Waals surface area contributed by atoms with Gasteiger partial charge in [0.25, 0.3) is 0 Å². The summed E-state index contributed by atoms with van der Waals surface area (Å²) in [5.41, 5.74) is 3.89. The summed E-state index contributed by atoms with van der Waals surface area (Å²) in [6.45, 7) is 2.82. The van der Waals surface area contributed by atoms with Crippen LogP contribution in [0.5, 0.6) is 0 Å². The van der Waals surface area contributed by atoms with Gasteiger partial charge in [-0.1, -0.05) is 42.5 Å². The predicted octanol–water partition coefficient (Wildman–Crippen LogP) is 0.986. The van der Waals surface area contributed by atoms with E-state index in [1.54, 1.807) is 0 Å². The van der Waals surface area contributed by atoms with Crippen LogP contribution < -0.4 is 15.1 Å². The molecule has 0 fully saturated rings. The van der Waals surface area contributed by atoms with Crippen molar-refractivity contribution in [2.75, 3.05) is 39.1 Å². The van der Waals surface area contributed by atoms with E-state index in [1.807, 2.05) is 7.05 Å². The van der Waals surface area contributed by atoms with Crippen LogP contribution in [-0.2, 0) is 6.54 Å². The lowest BCUT2D eigenvalue weighted by Gasteiger charge is -2.20. The van der Waals surface area contributed by atoms with Gasteiger partial charge in [-0.25, -0.2) is 0 Å². The Kier molecular flexibility index (Phi) is 7.46. The highest BCUT2D eigenvalue weighted by atomic mass is 15.1. The van der Waals surface area contributed by atoms with E-state index in [1.165, 1.54) is 21.7 Å². The molecule has 0 aliphatic carbocycles. The zero-order valence-corrected chi connectivity index (χ0v) is 15.6. The summed E-state index contributed by atoms with van der Waals surface area (Å²) in [5, 5.41) is 11.1. The second-order valence-electron chi connectivity index (χ2n) is 6.77. The molecule has 0 aromatic heterocycles. The summed E-state index contributed by atoms with van der Waals surface area (Å²) in [5.74, 6) is 0. The lowest BCUT2D eigenvalue weighted by molar-refractivity contribution is -0.910. The van der Waals surface area contributed by atoms with Gasteiger partial charge in [-0.3, -0.25) is 0 Å². The van der Waals surface area contributed by atoms with E-state index in [0.717, 1.165) is 19.6 Å². The van der Waals surface area contributed by atoms with Crippen molar-refractivity contribution in [1.82, 2.24) is 0 Å². The van der Waals surface area contributed by atoms with Crippen molar-refractivity contribution >= 4 is 5.69 Å². The Morgan fingerprint density at radius 3 is 2.36 bits per heavy atom. The van der Waals surface area contributed by atoms with Crippen LogP contribution in [0.3, 0.4) is 0 Å². The van der Waals surface area contributed by atoms with E-state index in [2.05, 4.69) is 85.0 Å². The maximum atomic E-state index is 8.69. The molecule has 0 unspecified atom stereocenters. The molecule has 0 amide bonds. The number of likely N-dealkylation sites (N-methyl/N-ethyl adjacent to an activating group) is 1. The lowest BCUT2D eigenvalue weighted by Crippen LogP contribution is -3.09. The van der Waals surface area contributed by atoms with Crippen LogP contribution in [0.15, 0.2) is 54.6 Å². The average molecular weight is 338 g/mol. The molecule has 132 valence electrons. The van der Waals surface area contributed by atoms with E-state index in [-0.39, 0.29) is 0 Å². The molecule has 4 heteroatoms. The van der Waals surface area contributed by atoms with Crippen molar-refractivity contribution < 1.29 is 10.2 Å². The molecule has 0 bridgehead atoms. The quantitative estimate of drug-likeness (QED) is 0.716. The second-order valence-corrected chi connectivity index (χ2v) is 6.77. The molecule has 2 aromatic rings. The molecule has 3 N–H and O–H groups in total. The van der Waals surface area contributed by atoms with Gasteiger partial charge in [0, 0.05) is 30.4 Å². The van der Waals surface area contributed by atoms with Crippen LogP contribution >= 0.6 is 0 Å². The van der Waals surface area contributed by atoms with E-state index in [4.69, 9.17) is 5.26 Å². The number of nitrogens with zero attached hydrogens (tertiary/aromatic N) is 2. The van der Waals surface area contributed by atoms with Gasteiger partial charge in [-0.15, -0.1) is 0 Å². The number of nitriles is 1. The van der Waals surface area contributed by atoms with E-state index in [9.17, 15) is 0 Å². The van der Waals surface area contributed by atoms with Crippen LogP contribution in [0.1, 0.15) is 23.6 Å². The topological polar surface area (TPSA) is 48.1 Å². The van der Waals surface area contributed by atoms with Crippen molar-refractivity contribution in [2.24, 2.45) is 0 Å². The molecule has 0 aliphatic heterocycles. The molecule has 0 radical (unpaired) electrons. The summed E-state index contributed by atoms with van der Waals surface area (Å²) in [4.78, 5) is 3.58. The molecule has 0 heterocycles. The van der Waals surface area contributed by atoms with Gasteiger partial charge in [-0.05, 0) is 12.1 Å². The van der Waals surface area contributed by atoms with Crippen molar-refractivity contribution in [1.29, 1.82) is 5.26 Å². The highest BCUT2D eigenvalue weighted by Gasteiger charge is 2.19. The monoisotopic (exact) mass is 338 g/mol. The Morgan fingerprint density at radius 2 is 1.76 bits per heavy atom. The normalized spacial score (nSPS) is 12.0. The van der Waals surface area contributed by atoms with Gasteiger partial charge in [-0.2, -0.15) is 5.26 Å². The first-order chi connectivity index (χ1) is 12.1. The van der Waals surface area contributed by atoms with Crippen LogP contribution in [0.25, 0.3) is 0 Å². The fraction of sp³-hybridized carbons (Fsp3) is 0.381. The molecule has 2 aromatic carbocycles. The molecule has 4 nitrogen and oxygen atoms in total. The minimum atomic E-state index is 0.498. The van der Waals surface area contributed by atoms with Crippen molar-refractivity contribution in [3.63, 3.8) is 0 Å². The first kappa shape index (κ1) is 19.0. The molecule has 0 saturated heterocycles. The average Bonchev–Trinajstić information content (AvgIpc) is 2.64. The van der Waals surface area contributed by atoms with Gasteiger partial charge in [0.2, 0.25) is 0 Å².